The molecule has 0 saturated carbocycles. The largest absolute Gasteiger partial charge is 0.366 e. The minimum atomic E-state index is -0.744. The van der Waals surface area contributed by atoms with Crippen molar-refractivity contribution in [1.82, 2.24) is 5.32 Å². The fourth-order valence-electron chi connectivity index (χ4n) is 1.22. The van der Waals surface area contributed by atoms with Gasteiger partial charge in [0.1, 0.15) is 5.82 Å². The standard InChI is InChI=1S/C11H13FN4O3/c12-7-2-1-6(11(14)19)3-8(7)16-10(18)5-15-9(17)4-13/h1-3H,4-5,13H2,(H2,14,19)(H,15,17)(H,16,18). The van der Waals surface area contributed by atoms with E-state index in [1.165, 1.54) is 6.07 Å². The summed E-state index contributed by atoms with van der Waals surface area (Å²) in [6.45, 7) is -0.602. The number of carbonyl (C=O) groups excluding carboxylic acids is 3. The Morgan fingerprint density at radius 3 is 2.47 bits per heavy atom. The first kappa shape index (κ1) is 14.6. The number of rotatable bonds is 5. The summed E-state index contributed by atoms with van der Waals surface area (Å²) < 4.78 is 13.4. The van der Waals surface area contributed by atoms with Gasteiger partial charge in [0, 0.05) is 5.56 Å². The molecule has 8 heteroatoms. The summed E-state index contributed by atoms with van der Waals surface area (Å²) in [5.41, 5.74) is 9.93. The molecule has 0 atom stereocenters. The molecular weight excluding hydrogens is 255 g/mol. The van der Waals surface area contributed by atoms with E-state index in [0.717, 1.165) is 12.1 Å². The molecule has 0 spiro atoms. The molecule has 0 bridgehead atoms. The smallest absolute Gasteiger partial charge is 0.248 e. The van der Waals surface area contributed by atoms with Crippen molar-refractivity contribution in [1.29, 1.82) is 0 Å². The molecule has 1 rings (SSSR count). The molecule has 0 fully saturated rings. The van der Waals surface area contributed by atoms with Gasteiger partial charge in [-0.1, -0.05) is 0 Å². The first-order valence-electron chi connectivity index (χ1n) is 5.30. The molecule has 0 saturated heterocycles. The average Bonchev–Trinajstić information content (AvgIpc) is 2.38. The van der Waals surface area contributed by atoms with Gasteiger partial charge in [-0.3, -0.25) is 14.4 Å². The maximum Gasteiger partial charge on any atom is 0.248 e. The quantitative estimate of drug-likeness (QED) is 0.542. The fraction of sp³-hybridized carbons (Fsp3) is 0.182. The maximum atomic E-state index is 13.4. The second-order valence-corrected chi connectivity index (χ2v) is 3.59. The maximum absolute atomic E-state index is 13.4. The normalized spacial score (nSPS) is 9.79. The lowest BCUT2D eigenvalue weighted by Crippen LogP contribution is -2.36. The van der Waals surface area contributed by atoms with E-state index in [2.05, 4.69) is 10.6 Å². The summed E-state index contributed by atoms with van der Waals surface area (Å²) in [6, 6.07) is 3.32. The van der Waals surface area contributed by atoms with Gasteiger partial charge in [-0.15, -0.1) is 0 Å². The Bertz CT molecular complexity index is 519. The van der Waals surface area contributed by atoms with E-state index < -0.39 is 23.5 Å². The molecule has 0 aliphatic heterocycles. The van der Waals surface area contributed by atoms with Crippen LogP contribution in [0.25, 0.3) is 0 Å². The van der Waals surface area contributed by atoms with Gasteiger partial charge in [0.15, 0.2) is 0 Å². The van der Waals surface area contributed by atoms with Gasteiger partial charge in [0.2, 0.25) is 17.7 Å². The van der Waals surface area contributed by atoms with Crippen LogP contribution < -0.4 is 22.1 Å². The molecule has 102 valence electrons. The van der Waals surface area contributed by atoms with Crippen LogP contribution in [0.4, 0.5) is 10.1 Å². The van der Waals surface area contributed by atoms with Gasteiger partial charge < -0.3 is 22.1 Å². The minimum Gasteiger partial charge on any atom is -0.366 e. The van der Waals surface area contributed by atoms with E-state index in [9.17, 15) is 18.8 Å². The van der Waals surface area contributed by atoms with Crippen molar-refractivity contribution in [2.75, 3.05) is 18.4 Å². The number of carbonyl (C=O) groups is 3. The Kier molecular flexibility index (Phi) is 4.95. The lowest BCUT2D eigenvalue weighted by molar-refractivity contribution is -0.123. The van der Waals surface area contributed by atoms with Gasteiger partial charge in [0.05, 0.1) is 18.8 Å². The van der Waals surface area contributed by atoms with Crippen LogP contribution in [-0.4, -0.2) is 30.8 Å². The van der Waals surface area contributed by atoms with E-state index in [1.54, 1.807) is 0 Å². The molecule has 1 aromatic rings. The molecule has 0 radical (unpaired) electrons. The molecule has 0 unspecified atom stereocenters. The number of hydrogen-bond acceptors (Lipinski definition) is 4. The Hall–Kier alpha value is -2.48. The number of primary amides is 1. The first-order chi connectivity index (χ1) is 8.93. The van der Waals surface area contributed by atoms with Crippen molar-refractivity contribution >= 4 is 23.4 Å². The van der Waals surface area contributed by atoms with Crippen LogP contribution in [0.3, 0.4) is 0 Å². The number of amides is 3. The first-order valence-corrected chi connectivity index (χ1v) is 5.30. The molecular formula is C11H13FN4O3. The molecule has 0 aromatic heterocycles. The third-order valence-corrected chi connectivity index (χ3v) is 2.16. The van der Waals surface area contributed by atoms with Crippen LogP contribution in [0.1, 0.15) is 10.4 Å². The van der Waals surface area contributed by atoms with Crippen LogP contribution in [0.2, 0.25) is 0 Å². The summed E-state index contributed by atoms with van der Waals surface area (Å²) in [7, 11) is 0. The van der Waals surface area contributed by atoms with Crippen LogP contribution >= 0.6 is 0 Å². The van der Waals surface area contributed by atoms with Crippen LogP contribution in [0.15, 0.2) is 18.2 Å². The number of halogens is 1. The monoisotopic (exact) mass is 268 g/mol. The van der Waals surface area contributed by atoms with Crippen molar-refractivity contribution in [3.8, 4) is 0 Å². The Balaban J connectivity index is 2.70. The number of anilines is 1. The molecule has 19 heavy (non-hydrogen) atoms. The predicted octanol–water partition coefficient (Wildman–Crippen LogP) is -1.06. The molecule has 0 aliphatic rings. The molecule has 7 nitrogen and oxygen atoms in total. The highest BCUT2D eigenvalue weighted by atomic mass is 19.1. The van der Waals surface area contributed by atoms with Gasteiger partial charge in [0.25, 0.3) is 0 Å². The predicted molar refractivity (Wildman–Crippen MR) is 65.6 cm³/mol. The third-order valence-electron chi connectivity index (χ3n) is 2.16. The molecule has 0 heterocycles. The highest BCUT2D eigenvalue weighted by Gasteiger charge is 2.10. The second kappa shape index (κ2) is 6.45. The van der Waals surface area contributed by atoms with Gasteiger partial charge in [-0.25, -0.2) is 4.39 Å². The lowest BCUT2D eigenvalue weighted by atomic mass is 10.2. The molecule has 1 aromatic carbocycles. The lowest BCUT2D eigenvalue weighted by Gasteiger charge is -2.08. The van der Waals surface area contributed by atoms with E-state index in [-0.39, 0.29) is 24.3 Å². The van der Waals surface area contributed by atoms with Gasteiger partial charge in [-0.2, -0.15) is 0 Å². The number of hydrogen-bond donors (Lipinski definition) is 4. The molecule has 3 amide bonds. The van der Waals surface area contributed by atoms with Crippen molar-refractivity contribution in [3.05, 3.63) is 29.6 Å². The van der Waals surface area contributed by atoms with Gasteiger partial charge >= 0.3 is 0 Å². The topological polar surface area (TPSA) is 127 Å². The van der Waals surface area contributed by atoms with Crippen molar-refractivity contribution in [3.63, 3.8) is 0 Å². The Morgan fingerprint density at radius 2 is 1.89 bits per heavy atom. The van der Waals surface area contributed by atoms with Gasteiger partial charge in [-0.05, 0) is 18.2 Å². The summed E-state index contributed by atoms with van der Waals surface area (Å²) in [5.74, 6) is -2.63. The zero-order valence-corrected chi connectivity index (χ0v) is 9.90. The van der Waals surface area contributed by atoms with Crippen molar-refractivity contribution in [2.24, 2.45) is 11.5 Å². The van der Waals surface area contributed by atoms with Crippen molar-refractivity contribution < 1.29 is 18.8 Å². The summed E-state index contributed by atoms with van der Waals surface area (Å²) >= 11 is 0. The summed E-state index contributed by atoms with van der Waals surface area (Å²) in [4.78, 5) is 33.2. The highest BCUT2D eigenvalue weighted by Crippen LogP contribution is 2.15. The zero-order valence-electron chi connectivity index (χ0n) is 9.90. The molecule has 0 aliphatic carbocycles. The fourth-order valence-corrected chi connectivity index (χ4v) is 1.22. The van der Waals surface area contributed by atoms with E-state index >= 15 is 0 Å². The van der Waals surface area contributed by atoms with E-state index in [1.807, 2.05) is 0 Å². The SMILES string of the molecule is NCC(=O)NCC(=O)Nc1cc(C(N)=O)ccc1F. The zero-order chi connectivity index (χ0) is 14.4. The number of nitrogens with one attached hydrogen (secondary N) is 2. The van der Waals surface area contributed by atoms with Crippen LogP contribution in [-0.2, 0) is 9.59 Å². The van der Waals surface area contributed by atoms with E-state index in [4.69, 9.17) is 11.5 Å². The summed E-state index contributed by atoms with van der Waals surface area (Å²) in [5, 5.41) is 4.43. The van der Waals surface area contributed by atoms with E-state index in [0.29, 0.717) is 0 Å². The highest BCUT2D eigenvalue weighted by molar-refractivity contribution is 5.97. The Morgan fingerprint density at radius 1 is 1.21 bits per heavy atom. The molecule has 6 N–H and O–H groups in total. The third kappa shape index (κ3) is 4.36. The number of nitrogens with two attached hydrogens (primary N) is 2. The summed E-state index contributed by atoms with van der Waals surface area (Å²) in [6.07, 6.45) is 0. The Labute approximate surface area is 108 Å². The second-order valence-electron chi connectivity index (χ2n) is 3.59. The van der Waals surface area contributed by atoms with Crippen LogP contribution in [0, 0.1) is 5.82 Å². The number of benzene rings is 1. The van der Waals surface area contributed by atoms with Crippen LogP contribution in [0.5, 0.6) is 0 Å². The van der Waals surface area contributed by atoms with Crippen molar-refractivity contribution in [2.45, 2.75) is 0 Å². The minimum absolute atomic E-state index is 0.0580. The average molecular weight is 268 g/mol.